The number of hydrogen-bond acceptors (Lipinski definition) is 7. The summed E-state index contributed by atoms with van der Waals surface area (Å²) in [4.78, 5) is 22.1. The molecule has 1 N–H and O–H groups in total. The van der Waals surface area contributed by atoms with Gasteiger partial charge < -0.3 is 24.1 Å². The summed E-state index contributed by atoms with van der Waals surface area (Å²) in [7, 11) is 2.94. The van der Waals surface area contributed by atoms with Crippen molar-refractivity contribution < 1.29 is 33.6 Å². The summed E-state index contributed by atoms with van der Waals surface area (Å²) >= 11 is 0. The van der Waals surface area contributed by atoms with E-state index < -0.39 is 5.97 Å². The molecule has 0 aliphatic carbocycles. The van der Waals surface area contributed by atoms with Crippen LogP contribution in [0.15, 0.2) is 29.8 Å². The van der Waals surface area contributed by atoms with Crippen LogP contribution in [-0.2, 0) is 25.6 Å². The number of rotatable bonds is 6. The lowest BCUT2D eigenvalue weighted by Crippen LogP contribution is -2.46. The van der Waals surface area contributed by atoms with Crippen LogP contribution in [-0.4, -0.2) is 68.6 Å². The molecule has 2 heterocycles. The van der Waals surface area contributed by atoms with Crippen molar-refractivity contribution in [2.24, 2.45) is 0 Å². The molecule has 0 saturated carbocycles. The Morgan fingerprint density at radius 2 is 1.97 bits per heavy atom. The number of nitrogens with zero attached hydrogens (tertiary/aromatic N) is 1. The van der Waals surface area contributed by atoms with E-state index in [4.69, 9.17) is 24.1 Å². The Labute approximate surface area is 177 Å². The van der Waals surface area contributed by atoms with Gasteiger partial charge in [-0.25, -0.2) is 4.79 Å². The van der Waals surface area contributed by atoms with E-state index >= 15 is 0 Å². The number of carbonyl (C=O) groups is 2. The summed E-state index contributed by atoms with van der Waals surface area (Å²) in [6, 6.07) is 5.83. The van der Waals surface area contributed by atoms with Gasteiger partial charge in [0.1, 0.15) is 0 Å². The molecule has 1 aromatic rings. The Hall–Kier alpha value is -2.58. The molecule has 1 saturated heterocycles. The van der Waals surface area contributed by atoms with Gasteiger partial charge in [0.25, 0.3) is 6.47 Å². The Morgan fingerprint density at radius 1 is 1.27 bits per heavy atom. The normalized spacial score (nSPS) is 17.9. The average molecular weight is 421 g/mol. The summed E-state index contributed by atoms with van der Waals surface area (Å²) in [6.07, 6.45) is 5.45. The maximum atomic E-state index is 11.3. The number of likely N-dealkylation sites (tertiary alicyclic amines) is 1. The first-order chi connectivity index (χ1) is 14.4. The second-order valence-corrected chi connectivity index (χ2v) is 7.39. The molecule has 8 heteroatoms. The van der Waals surface area contributed by atoms with Crippen LogP contribution in [0.3, 0.4) is 0 Å². The minimum Gasteiger partial charge on any atom is -0.493 e. The van der Waals surface area contributed by atoms with Gasteiger partial charge in [0.05, 0.1) is 26.4 Å². The Morgan fingerprint density at radius 3 is 2.57 bits per heavy atom. The number of hydrogen-bond donors (Lipinski definition) is 1. The van der Waals surface area contributed by atoms with Gasteiger partial charge in [-0.2, -0.15) is 0 Å². The summed E-state index contributed by atoms with van der Waals surface area (Å²) in [5.41, 5.74) is 2.55. The fraction of sp³-hybridized carbons (Fsp3) is 0.545. The summed E-state index contributed by atoms with van der Waals surface area (Å²) < 4.78 is 21.6. The zero-order chi connectivity index (χ0) is 22.0. The number of esters is 1. The quantitative estimate of drug-likeness (QED) is 0.426. The molecule has 0 bridgehead atoms. The van der Waals surface area contributed by atoms with Crippen LogP contribution >= 0.6 is 0 Å². The van der Waals surface area contributed by atoms with Crippen LogP contribution in [0.4, 0.5) is 0 Å². The van der Waals surface area contributed by atoms with Crippen LogP contribution in [0.2, 0.25) is 0 Å². The maximum absolute atomic E-state index is 11.3. The second-order valence-electron chi connectivity index (χ2n) is 7.39. The SMILES string of the molecule is COC(=O)COc1ccc(CN2CCC3(C=C(C)CCO3)CC2)cc1OC.O=CO. The minimum atomic E-state index is -0.419. The average Bonchev–Trinajstić information content (AvgIpc) is 2.74. The summed E-state index contributed by atoms with van der Waals surface area (Å²) in [6.45, 7) is 5.53. The number of carboxylic acid groups (broad SMARTS) is 1. The molecule has 2 aliphatic heterocycles. The molecule has 0 unspecified atom stereocenters. The van der Waals surface area contributed by atoms with Crippen LogP contribution in [0.1, 0.15) is 31.7 Å². The fourth-order valence-corrected chi connectivity index (χ4v) is 3.74. The number of methoxy groups -OCH3 is 2. The Bertz CT molecular complexity index is 739. The molecular weight excluding hydrogens is 390 g/mol. The second kappa shape index (κ2) is 11.6. The third kappa shape index (κ3) is 6.74. The monoisotopic (exact) mass is 421 g/mol. The van der Waals surface area contributed by atoms with E-state index in [1.54, 1.807) is 7.11 Å². The van der Waals surface area contributed by atoms with Crippen LogP contribution in [0, 0.1) is 0 Å². The van der Waals surface area contributed by atoms with Gasteiger partial charge in [-0.1, -0.05) is 17.7 Å². The topological polar surface area (TPSA) is 94.5 Å². The number of benzene rings is 1. The summed E-state index contributed by atoms with van der Waals surface area (Å²) in [5.74, 6) is 0.747. The zero-order valence-electron chi connectivity index (χ0n) is 17.9. The highest BCUT2D eigenvalue weighted by Crippen LogP contribution is 2.34. The van der Waals surface area contributed by atoms with Crippen molar-refractivity contribution in [1.82, 2.24) is 4.90 Å². The molecule has 3 rings (SSSR count). The summed E-state index contributed by atoms with van der Waals surface area (Å²) in [5, 5.41) is 6.89. The number of piperidine rings is 1. The standard InChI is InChI=1S/C21H29NO5.CH2O2/c1-16-6-11-27-21(13-16)7-9-22(10-8-21)14-17-4-5-18(19(12-17)24-2)26-15-20(23)25-3;2-1-3/h4-5,12-13H,6-11,14-15H2,1-3H3;1H,(H,2,3). The smallest absolute Gasteiger partial charge is 0.343 e. The Balaban J connectivity index is 0.00000101. The maximum Gasteiger partial charge on any atom is 0.343 e. The van der Waals surface area contributed by atoms with Crippen molar-refractivity contribution in [2.45, 2.75) is 38.3 Å². The lowest BCUT2D eigenvalue weighted by atomic mass is 9.87. The predicted molar refractivity (Wildman–Crippen MR) is 111 cm³/mol. The zero-order valence-corrected chi connectivity index (χ0v) is 17.9. The molecule has 0 aromatic heterocycles. The van der Waals surface area contributed by atoms with E-state index in [0.717, 1.165) is 51.1 Å². The van der Waals surface area contributed by atoms with Gasteiger partial charge in [0, 0.05) is 19.6 Å². The van der Waals surface area contributed by atoms with Crippen molar-refractivity contribution in [2.75, 3.05) is 40.5 Å². The van der Waals surface area contributed by atoms with Gasteiger partial charge in [-0.3, -0.25) is 9.69 Å². The van der Waals surface area contributed by atoms with E-state index in [-0.39, 0.29) is 18.7 Å². The van der Waals surface area contributed by atoms with Crippen molar-refractivity contribution in [3.63, 3.8) is 0 Å². The van der Waals surface area contributed by atoms with Gasteiger partial charge in [-0.05, 0) is 43.9 Å². The van der Waals surface area contributed by atoms with Crippen molar-refractivity contribution in [3.05, 3.63) is 35.4 Å². The first kappa shape index (κ1) is 23.7. The first-order valence-corrected chi connectivity index (χ1v) is 9.94. The lowest BCUT2D eigenvalue weighted by Gasteiger charge is -2.42. The van der Waals surface area contributed by atoms with Crippen molar-refractivity contribution >= 4 is 12.4 Å². The highest BCUT2D eigenvalue weighted by Gasteiger charge is 2.35. The molecule has 1 aromatic carbocycles. The number of carbonyl (C=O) groups excluding carboxylic acids is 1. The predicted octanol–water partition coefficient (Wildman–Crippen LogP) is 2.65. The number of ether oxygens (including phenoxy) is 4. The molecular formula is C22H31NO7. The van der Waals surface area contributed by atoms with Crippen molar-refractivity contribution in [3.8, 4) is 11.5 Å². The molecule has 8 nitrogen and oxygen atoms in total. The minimum absolute atomic E-state index is 0.0535. The molecule has 166 valence electrons. The van der Waals surface area contributed by atoms with Gasteiger partial charge >= 0.3 is 5.97 Å². The third-order valence-electron chi connectivity index (χ3n) is 5.31. The van der Waals surface area contributed by atoms with Gasteiger partial charge in [-0.15, -0.1) is 0 Å². The van der Waals surface area contributed by atoms with Gasteiger partial charge in [0.15, 0.2) is 18.1 Å². The van der Waals surface area contributed by atoms with Crippen LogP contribution < -0.4 is 9.47 Å². The highest BCUT2D eigenvalue weighted by molar-refractivity contribution is 5.71. The van der Waals surface area contributed by atoms with E-state index in [9.17, 15) is 4.79 Å². The van der Waals surface area contributed by atoms with E-state index in [0.29, 0.717) is 11.5 Å². The third-order valence-corrected chi connectivity index (χ3v) is 5.31. The van der Waals surface area contributed by atoms with Crippen LogP contribution in [0.25, 0.3) is 0 Å². The van der Waals surface area contributed by atoms with E-state index in [2.05, 4.69) is 22.6 Å². The van der Waals surface area contributed by atoms with Crippen LogP contribution in [0.5, 0.6) is 11.5 Å². The molecule has 0 radical (unpaired) electrons. The molecule has 1 fully saturated rings. The van der Waals surface area contributed by atoms with E-state index in [1.807, 2.05) is 18.2 Å². The highest BCUT2D eigenvalue weighted by atomic mass is 16.6. The van der Waals surface area contributed by atoms with Crippen molar-refractivity contribution in [1.29, 1.82) is 0 Å². The van der Waals surface area contributed by atoms with E-state index in [1.165, 1.54) is 12.7 Å². The Kier molecular flexibility index (Phi) is 9.14. The lowest BCUT2D eigenvalue weighted by molar-refractivity contribution is -0.143. The molecule has 30 heavy (non-hydrogen) atoms. The van der Waals surface area contributed by atoms with Gasteiger partial charge in [0.2, 0.25) is 0 Å². The molecule has 0 atom stereocenters. The largest absolute Gasteiger partial charge is 0.493 e. The first-order valence-electron chi connectivity index (χ1n) is 9.94. The molecule has 2 aliphatic rings. The molecule has 1 spiro atoms. The molecule has 0 amide bonds. The fourth-order valence-electron chi connectivity index (χ4n) is 3.74.